The van der Waals surface area contributed by atoms with Crippen LogP contribution in [-0.2, 0) is 47.4 Å². The molecule has 0 amide bonds. The van der Waals surface area contributed by atoms with Crippen LogP contribution in [-0.4, -0.2) is 133 Å². The van der Waals surface area contributed by atoms with E-state index >= 15 is 0 Å². The minimum Gasteiger partial charge on any atom is -0.385 e. The molecule has 0 atom stereocenters. The van der Waals surface area contributed by atoms with Gasteiger partial charge in [0.15, 0.2) is 0 Å². The molecule has 0 fully saturated rings. The van der Waals surface area contributed by atoms with Crippen molar-refractivity contribution in [2.24, 2.45) is 59.2 Å². The second kappa shape index (κ2) is 132. The van der Waals surface area contributed by atoms with Crippen molar-refractivity contribution in [3.63, 3.8) is 0 Å². The molecule has 0 aromatic carbocycles. The highest BCUT2D eigenvalue weighted by Gasteiger charge is 2.02. The molecular weight excluding hydrogens is 1420 g/mol. The van der Waals surface area contributed by atoms with E-state index in [1.165, 1.54) is 289 Å². The first kappa shape index (κ1) is 135. The molecule has 0 radical (unpaired) electrons. The zero-order chi connectivity index (χ0) is 88.8. The van der Waals surface area contributed by atoms with Gasteiger partial charge in [-0.05, 0) is 176 Å². The first-order chi connectivity index (χ1) is 55.2. The second-order valence-corrected chi connectivity index (χ2v) is 36.8. The van der Waals surface area contributed by atoms with Crippen molar-refractivity contribution in [3.8, 4) is 0 Å². The monoisotopic (exact) mass is 1650 g/mol. The van der Waals surface area contributed by atoms with Crippen LogP contribution in [0.2, 0.25) is 0 Å². The molecule has 10 heteroatoms. The summed E-state index contributed by atoms with van der Waals surface area (Å²) < 4.78 is 53.1. The Kier molecular flexibility index (Phi) is 155. The Labute approximate surface area is 731 Å². The molecule has 0 spiro atoms. The smallest absolute Gasteiger partial charge is 0.0466 e. The summed E-state index contributed by atoms with van der Waals surface area (Å²) in [5, 5.41) is 0. The van der Waals surface area contributed by atoms with Crippen molar-refractivity contribution >= 4 is 0 Å². The Morgan fingerprint density at radius 3 is 0.435 bits per heavy atom. The summed E-state index contributed by atoms with van der Waals surface area (Å²) in [5.41, 5.74) is 0. The van der Waals surface area contributed by atoms with Crippen LogP contribution in [0.1, 0.15) is 496 Å². The van der Waals surface area contributed by atoms with Crippen LogP contribution in [0.15, 0.2) is 0 Å². The van der Waals surface area contributed by atoms with Crippen LogP contribution in [0.5, 0.6) is 0 Å². The predicted octanol–water partition coefficient (Wildman–Crippen LogP) is 34.3. The van der Waals surface area contributed by atoms with Gasteiger partial charge >= 0.3 is 0 Å². The van der Waals surface area contributed by atoms with Gasteiger partial charge in [0, 0.05) is 133 Å². The Bertz CT molecular complexity index is 1360. The molecule has 0 saturated heterocycles. The highest BCUT2D eigenvalue weighted by atomic mass is 16.5. The van der Waals surface area contributed by atoms with E-state index in [0.29, 0.717) is 0 Å². The molecule has 0 bridgehead atoms. The fraction of sp³-hybridized carbons (Fsp3) is 1.00. The van der Waals surface area contributed by atoms with Crippen LogP contribution < -0.4 is 0 Å². The molecular formula is C105H230O10. The molecule has 0 saturated carbocycles. The van der Waals surface area contributed by atoms with Crippen LogP contribution >= 0.6 is 0 Å². The second-order valence-electron chi connectivity index (χ2n) is 36.8. The highest BCUT2D eigenvalue weighted by Crippen LogP contribution is 2.15. The van der Waals surface area contributed by atoms with E-state index in [4.69, 9.17) is 47.4 Å². The number of hydrogen-bond donors (Lipinski definition) is 0. The van der Waals surface area contributed by atoms with Gasteiger partial charge in [0.1, 0.15) is 0 Å². The lowest BCUT2D eigenvalue weighted by Gasteiger charge is -2.05. The minimum absolute atomic E-state index is 0.847. The lowest BCUT2D eigenvalue weighted by molar-refractivity contribution is 0.125. The molecule has 0 aliphatic rings. The number of ether oxygens (including phenoxy) is 10. The molecule has 10 nitrogen and oxygen atoms in total. The Balaban J connectivity index is -0.000000133. The molecule has 0 aliphatic carbocycles. The summed E-state index contributed by atoms with van der Waals surface area (Å²) in [6.45, 7) is 79.8. The lowest BCUT2D eigenvalue weighted by atomic mass is 10.1. The van der Waals surface area contributed by atoms with Crippen molar-refractivity contribution in [3.05, 3.63) is 0 Å². The number of hydrogen-bond acceptors (Lipinski definition) is 10. The van der Waals surface area contributed by atoms with Gasteiger partial charge in [0.05, 0.1) is 0 Å². The molecule has 0 heterocycles. The standard InChI is InChI=1S/C13H28O.2C12H26O.2C11H24O.2C10H22O.2C9H20O.C8H18O/c1-4-5-8-11-14-12-9-6-7-10-13(2)3;1-4-5-10-13-11-8-6-7-9-12(2)3;1-4-5-7-10-13-11-8-6-9-12(2)3;1-4-9-12-10-7-5-6-8-11(2)3;1-4-5-9-12-10-7-6-8-11(2)3;1-4-11-9-7-5-6-8-10(2)3;1-4-8-11-9-6-5-7-10(2)3;1-9(2)7-5-4-6-8-10-3;1-4-10-8-6-5-7-9(2)3;1-8(2)6-4-5-7-9-3/h13H,4-12H2,1-3H3;2*12H,4-11H2,1-3H3;2*11H,4-10H2,1-3H3;2*10H,4-9H2,1-3H3;2*9H,4-8H2,1-3H3;8H,4-7H2,1-3H3. The fourth-order valence-corrected chi connectivity index (χ4v) is 11.1. The van der Waals surface area contributed by atoms with Gasteiger partial charge in [-0.2, -0.15) is 0 Å². The third-order valence-corrected chi connectivity index (χ3v) is 18.7. The summed E-state index contributed by atoms with van der Waals surface area (Å²) >= 11 is 0. The van der Waals surface area contributed by atoms with Crippen molar-refractivity contribution in [2.45, 2.75) is 496 Å². The van der Waals surface area contributed by atoms with Gasteiger partial charge in [-0.25, -0.2) is 0 Å². The summed E-state index contributed by atoms with van der Waals surface area (Å²) in [7, 11) is 3.53. The van der Waals surface area contributed by atoms with Crippen molar-refractivity contribution in [2.75, 3.05) is 133 Å². The van der Waals surface area contributed by atoms with E-state index < -0.39 is 0 Å². The maximum absolute atomic E-state index is 5.54. The molecule has 0 unspecified atom stereocenters. The molecule has 115 heavy (non-hydrogen) atoms. The van der Waals surface area contributed by atoms with E-state index in [1.54, 1.807) is 14.2 Å². The van der Waals surface area contributed by atoms with Crippen molar-refractivity contribution in [1.29, 1.82) is 0 Å². The van der Waals surface area contributed by atoms with Crippen molar-refractivity contribution in [1.82, 2.24) is 0 Å². The van der Waals surface area contributed by atoms with E-state index in [1.807, 2.05) is 13.8 Å². The number of methoxy groups -OCH3 is 2. The normalized spacial score (nSPS) is 11.0. The third kappa shape index (κ3) is 198. The molecule has 0 aromatic heterocycles. The number of unbranched alkanes of at least 4 members (excludes halogenated alkanes) is 21. The maximum atomic E-state index is 5.54. The molecule has 0 rings (SSSR count). The van der Waals surface area contributed by atoms with Gasteiger partial charge in [0.25, 0.3) is 0 Å². The molecule has 710 valence electrons. The van der Waals surface area contributed by atoms with Gasteiger partial charge in [-0.15, -0.1) is 0 Å². The largest absolute Gasteiger partial charge is 0.385 e. The summed E-state index contributed by atoms with van der Waals surface area (Å²) in [4.78, 5) is 0. The maximum Gasteiger partial charge on any atom is 0.0466 e. The van der Waals surface area contributed by atoms with E-state index in [2.05, 4.69) is 180 Å². The Morgan fingerprint density at radius 2 is 0.270 bits per heavy atom. The van der Waals surface area contributed by atoms with Crippen LogP contribution in [0.3, 0.4) is 0 Å². The zero-order valence-electron chi connectivity index (χ0n) is 85.8. The predicted molar refractivity (Wildman–Crippen MR) is 521 cm³/mol. The van der Waals surface area contributed by atoms with Crippen LogP contribution in [0, 0.1) is 59.2 Å². The summed E-state index contributed by atoms with van der Waals surface area (Å²) in [6, 6.07) is 0. The third-order valence-electron chi connectivity index (χ3n) is 18.7. The van der Waals surface area contributed by atoms with Gasteiger partial charge in [0.2, 0.25) is 0 Å². The minimum atomic E-state index is 0.847. The molecule has 0 aromatic rings. The van der Waals surface area contributed by atoms with Crippen LogP contribution in [0.25, 0.3) is 0 Å². The highest BCUT2D eigenvalue weighted by molar-refractivity contribution is 4.54. The van der Waals surface area contributed by atoms with Gasteiger partial charge in [-0.3, -0.25) is 0 Å². The Morgan fingerprint density at radius 1 is 0.130 bits per heavy atom. The quantitative estimate of drug-likeness (QED) is 0.0548. The SMILES string of the molecule is CCCCCOCCCCC(C)C.CCCCCOCCCCCC(C)C.CCCCOCCCCC(C)C.CCCCOCCCCCC(C)C.CCCOCCCCC(C)C.CCCOCCCCCC(C)C.CCOCCCCC(C)C.CCOCCCCCC(C)C.COCCCCC(C)C.COCCCCCC(C)C. The lowest BCUT2D eigenvalue weighted by Crippen LogP contribution is -1.97. The molecule has 0 aliphatic heterocycles. The average Bonchev–Trinajstić information content (AvgIpc) is 2.72. The van der Waals surface area contributed by atoms with Gasteiger partial charge < -0.3 is 47.4 Å². The van der Waals surface area contributed by atoms with Gasteiger partial charge in [-0.1, -0.05) is 379 Å². The zero-order valence-corrected chi connectivity index (χ0v) is 85.8. The summed E-state index contributed by atoms with van der Waals surface area (Å²) in [5.74, 6) is 8.55. The molecule has 0 N–H and O–H groups in total. The van der Waals surface area contributed by atoms with E-state index in [9.17, 15) is 0 Å². The Hall–Kier alpha value is -0.400. The summed E-state index contributed by atoms with van der Waals surface area (Å²) in [6.07, 6.45) is 60.9. The first-order valence-electron chi connectivity index (χ1n) is 50.8. The first-order valence-corrected chi connectivity index (χ1v) is 50.8. The van der Waals surface area contributed by atoms with Crippen molar-refractivity contribution < 1.29 is 47.4 Å². The van der Waals surface area contributed by atoms with E-state index in [-0.39, 0.29) is 0 Å². The van der Waals surface area contributed by atoms with Crippen LogP contribution in [0.4, 0.5) is 0 Å². The fourth-order valence-electron chi connectivity index (χ4n) is 11.1. The number of rotatable bonds is 75. The topological polar surface area (TPSA) is 92.3 Å². The van der Waals surface area contributed by atoms with E-state index in [0.717, 1.165) is 191 Å². The average molecular weight is 1650 g/mol.